The molecule has 0 fully saturated rings. The highest BCUT2D eigenvalue weighted by Crippen LogP contribution is 2.02. The molecule has 0 spiro atoms. The first kappa shape index (κ1) is 16.1. The predicted octanol–water partition coefficient (Wildman–Crippen LogP) is 1.46. The second-order valence-corrected chi connectivity index (χ2v) is 4.27. The Hall–Kier alpha value is -3.29. The lowest BCUT2D eigenvalue weighted by molar-refractivity contribution is -0.143. The van der Waals surface area contributed by atoms with E-state index < -0.39 is 24.5 Å². The molecular weight excluding hydrogens is 304 g/mol. The molecule has 23 heavy (non-hydrogen) atoms. The summed E-state index contributed by atoms with van der Waals surface area (Å²) in [7, 11) is 0. The molecule has 0 saturated heterocycles. The Labute approximate surface area is 131 Å². The maximum Gasteiger partial charge on any atom is 0.331 e. The van der Waals surface area contributed by atoms with E-state index in [1.807, 2.05) is 5.32 Å². The number of imide groups is 1. The number of rotatable bonds is 6. The standard InChI is InChI=1S/C15H14N2O6/c18-13(17-15(20)16-9-12-4-2-8-22-12)10-23-14(19)6-5-11-3-1-7-21-11/h1-8H,9-10H2,(H2,16,17,18,20)/b6-5+. The summed E-state index contributed by atoms with van der Waals surface area (Å²) >= 11 is 0. The van der Waals surface area contributed by atoms with Gasteiger partial charge in [-0.1, -0.05) is 0 Å². The van der Waals surface area contributed by atoms with Crippen LogP contribution in [0.25, 0.3) is 6.08 Å². The van der Waals surface area contributed by atoms with E-state index >= 15 is 0 Å². The Morgan fingerprint density at radius 3 is 2.61 bits per heavy atom. The van der Waals surface area contributed by atoms with Crippen LogP contribution in [-0.4, -0.2) is 24.5 Å². The summed E-state index contributed by atoms with van der Waals surface area (Å²) < 4.78 is 14.7. The minimum Gasteiger partial charge on any atom is -0.467 e. The SMILES string of the molecule is O=C(COC(=O)/C=C/c1ccco1)NC(=O)NCc1ccco1. The molecule has 8 nitrogen and oxygen atoms in total. The number of urea groups is 1. The highest BCUT2D eigenvalue weighted by atomic mass is 16.5. The van der Waals surface area contributed by atoms with Gasteiger partial charge >= 0.3 is 12.0 Å². The van der Waals surface area contributed by atoms with Gasteiger partial charge in [-0.15, -0.1) is 0 Å². The van der Waals surface area contributed by atoms with Crippen LogP contribution < -0.4 is 10.6 Å². The van der Waals surface area contributed by atoms with Gasteiger partial charge in [-0.2, -0.15) is 0 Å². The molecule has 0 aliphatic rings. The van der Waals surface area contributed by atoms with Gasteiger partial charge in [-0.05, 0) is 30.3 Å². The van der Waals surface area contributed by atoms with Crippen LogP contribution in [0.4, 0.5) is 4.79 Å². The number of nitrogens with one attached hydrogen (secondary N) is 2. The van der Waals surface area contributed by atoms with Crippen LogP contribution in [0.1, 0.15) is 11.5 Å². The Bertz CT molecular complexity index is 673. The van der Waals surface area contributed by atoms with Crippen LogP contribution in [0.3, 0.4) is 0 Å². The second kappa shape index (κ2) is 8.23. The molecule has 2 aromatic heterocycles. The van der Waals surface area contributed by atoms with Gasteiger partial charge in [0.15, 0.2) is 6.61 Å². The summed E-state index contributed by atoms with van der Waals surface area (Å²) in [6.07, 6.45) is 5.44. The van der Waals surface area contributed by atoms with Crippen LogP contribution in [0.5, 0.6) is 0 Å². The summed E-state index contributed by atoms with van der Waals surface area (Å²) in [5.74, 6) is -0.458. The van der Waals surface area contributed by atoms with E-state index in [2.05, 4.69) is 10.1 Å². The number of hydrogen-bond donors (Lipinski definition) is 2. The summed E-state index contributed by atoms with van der Waals surface area (Å²) in [4.78, 5) is 34.2. The molecule has 3 amide bonds. The zero-order chi connectivity index (χ0) is 16.5. The van der Waals surface area contributed by atoms with Crippen LogP contribution in [-0.2, 0) is 20.9 Å². The van der Waals surface area contributed by atoms with E-state index in [-0.39, 0.29) is 6.54 Å². The first-order valence-electron chi connectivity index (χ1n) is 6.62. The molecule has 0 aliphatic heterocycles. The van der Waals surface area contributed by atoms with Gasteiger partial charge in [0.2, 0.25) is 0 Å². The highest BCUT2D eigenvalue weighted by Gasteiger charge is 2.10. The monoisotopic (exact) mass is 318 g/mol. The van der Waals surface area contributed by atoms with E-state index in [4.69, 9.17) is 8.83 Å². The largest absolute Gasteiger partial charge is 0.467 e. The average molecular weight is 318 g/mol. The van der Waals surface area contributed by atoms with Gasteiger partial charge in [0.05, 0.1) is 19.1 Å². The number of hydrogen-bond acceptors (Lipinski definition) is 6. The van der Waals surface area contributed by atoms with Crippen LogP contribution >= 0.6 is 0 Å². The van der Waals surface area contributed by atoms with Gasteiger partial charge in [0.25, 0.3) is 5.91 Å². The van der Waals surface area contributed by atoms with Crippen molar-refractivity contribution in [3.05, 3.63) is 54.4 Å². The van der Waals surface area contributed by atoms with E-state index in [9.17, 15) is 14.4 Å². The Morgan fingerprint density at radius 1 is 1.13 bits per heavy atom. The van der Waals surface area contributed by atoms with Gasteiger partial charge in [0, 0.05) is 6.08 Å². The van der Waals surface area contributed by atoms with Crippen LogP contribution in [0.15, 0.2) is 51.7 Å². The van der Waals surface area contributed by atoms with Crippen molar-refractivity contribution in [2.45, 2.75) is 6.54 Å². The van der Waals surface area contributed by atoms with E-state index in [0.717, 1.165) is 6.08 Å². The molecule has 2 N–H and O–H groups in total. The quantitative estimate of drug-likeness (QED) is 0.616. The third-order valence-corrected chi connectivity index (χ3v) is 2.53. The van der Waals surface area contributed by atoms with Crippen molar-refractivity contribution in [2.24, 2.45) is 0 Å². The summed E-state index contributed by atoms with van der Waals surface area (Å²) in [5.41, 5.74) is 0. The van der Waals surface area contributed by atoms with Crippen molar-refractivity contribution in [1.29, 1.82) is 0 Å². The highest BCUT2D eigenvalue weighted by molar-refractivity contribution is 5.96. The van der Waals surface area contributed by atoms with Crippen LogP contribution in [0.2, 0.25) is 0 Å². The molecule has 0 radical (unpaired) electrons. The maximum atomic E-state index is 11.4. The third-order valence-electron chi connectivity index (χ3n) is 2.53. The number of carbonyl (C=O) groups excluding carboxylic acids is 3. The summed E-state index contributed by atoms with van der Waals surface area (Å²) in [6.45, 7) is -0.437. The lowest BCUT2D eigenvalue weighted by Crippen LogP contribution is -2.41. The maximum absolute atomic E-state index is 11.4. The summed E-state index contributed by atoms with van der Waals surface area (Å²) in [6, 6.07) is 5.96. The lowest BCUT2D eigenvalue weighted by Gasteiger charge is -2.05. The zero-order valence-corrected chi connectivity index (χ0v) is 12.0. The molecule has 0 unspecified atom stereocenters. The molecule has 0 bridgehead atoms. The normalized spacial score (nSPS) is 10.4. The Balaban J connectivity index is 1.64. The molecule has 2 rings (SSSR count). The average Bonchev–Trinajstić information content (AvgIpc) is 3.22. The van der Waals surface area contributed by atoms with Gasteiger partial charge < -0.3 is 18.9 Å². The van der Waals surface area contributed by atoms with E-state index in [1.165, 1.54) is 18.6 Å². The van der Waals surface area contributed by atoms with Crippen molar-refractivity contribution >= 4 is 24.0 Å². The van der Waals surface area contributed by atoms with E-state index in [1.54, 1.807) is 24.3 Å². The van der Waals surface area contributed by atoms with Crippen molar-refractivity contribution < 1.29 is 28.0 Å². The lowest BCUT2D eigenvalue weighted by atomic mass is 10.4. The minimum absolute atomic E-state index is 0.137. The fourth-order valence-corrected chi connectivity index (χ4v) is 1.51. The minimum atomic E-state index is -0.748. The number of amides is 3. The molecular formula is C15H14N2O6. The van der Waals surface area contributed by atoms with Crippen molar-refractivity contribution in [3.8, 4) is 0 Å². The van der Waals surface area contributed by atoms with Crippen molar-refractivity contribution in [1.82, 2.24) is 10.6 Å². The smallest absolute Gasteiger partial charge is 0.331 e. The topological polar surface area (TPSA) is 111 Å². The molecule has 0 aromatic carbocycles. The second-order valence-electron chi connectivity index (χ2n) is 4.27. The van der Waals surface area contributed by atoms with Crippen LogP contribution in [0, 0.1) is 0 Å². The van der Waals surface area contributed by atoms with E-state index in [0.29, 0.717) is 11.5 Å². The predicted molar refractivity (Wildman–Crippen MR) is 77.8 cm³/mol. The fourth-order valence-electron chi connectivity index (χ4n) is 1.51. The van der Waals surface area contributed by atoms with Gasteiger partial charge in [-0.3, -0.25) is 10.1 Å². The molecule has 2 heterocycles. The number of esters is 1. The zero-order valence-electron chi connectivity index (χ0n) is 12.0. The van der Waals surface area contributed by atoms with Crippen molar-refractivity contribution in [2.75, 3.05) is 6.61 Å². The number of ether oxygens (including phenoxy) is 1. The molecule has 0 aliphatic carbocycles. The third kappa shape index (κ3) is 5.92. The molecule has 120 valence electrons. The Morgan fingerprint density at radius 2 is 1.91 bits per heavy atom. The molecule has 0 saturated carbocycles. The first-order chi connectivity index (χ1) is 11.1. The molecule has 2 aromatic rings. The van der Waals surface area contributed by atoms with Gasteiger partial charge in [-0.25, -0.2) is 9.59 Å². The first-order valence-corrected chi connectivity index (χ1v) is 6.62. The van der Waals surface area contributed by atoms with Gasteiger partial charge in [0.1, 0.15) is 11.5 Å². The fraction of sp³-hybridized carbons (Fsp3) is 0.133. The van der Waals surface area contributed by atoms with Crippen molar-refractivity contribution in [3.63, 3.8) is 0 Å². The Kier molecular flexibility index (Phi) is 5.75. The number of carbonyl (C=O) groups is 3. The summed E-state index contributed by atoms with van der Waals surface area (Å²) in [5, 5.41) is 4.43. The molecule has 8 heteroatoms. The molecule has 0 atom stereocenters. The number of furan rings is 2.